The molecule has 148 valence electrons. The molecule has 7 nitrogen and oxygen atoms in total. The Bertz CT molecular complexity index is 902. The van der Waals surface area contributed by atoms with Gasteiger partial charge in [0, 0.05) is 17.1 Å². The molecule has 2 aliphatic rings. The van der Waals surface area contributed by atoms with E-state index in [-0.39, 0.29) is 0 Å². The largest absolute Gasteiger partial charge is 0.332 e. The predicted molar refractivity (Wildman–Crippen MR) is 110 cm³/mol. The van der Waals surface area contributed by atoms with Gasteiger partial charge in [0.15, 0.2) is 0 Å². The number of carbonyl (C=O) groups is 2. The molecule has 1 aromatic carbocycles. The monoisotopic (exact) mass is 400 g/mol. The van der Waals surface area contributed by atoms with E-state index in [1.165, 1.54) is 4.90 Å². The maximum atomic E-state index is 12.8. The Morgan fingerprint density at radius 2 is 1.96 bits per heavy atom. The summed E-state index contributed by atoms with van der Waals surface area (Å²) in [5.41, 5.74) is 3.99. The van der Waals surface area contributed by atoms with Gasteiger partial charge in [0.25, 0.3) is 0 Å². The first kappa shape index (κ1) is 19.0. The Hall–Kier alpha value is -2.32. The number of piperazine rings is 1. The SMILES string of the molecule is CC[NH+]1CCN(C(=O)C(=O)Nc2c3c(nn2-c2ccccc2C)CSC3)CC1. The van der Waals surface area contributed by atoms with E-state index < -0.39 is 11.8 Å². The zero-order chi connectivity index (χ0) is 19.7. The Morgan fingerprint density at radius 3 is 2.68 bits per heavy atom. The number of nitrogens with zero attached hydrogens (tertiary/aromatic N) is 3. The van der Waals surface area contributed by atoms with E-state index in [9.17, 15) is 9.59 Å². The summed E-state index contributed by atoms with van der Waals surface area (Å²) in [6.45, 7) is 8.24. The molecule has 0 aliphatic carbocycles. The van der Waals surface area contributed by atoms with Crippen LogP contribution in [0.2, 0.25) is 0 Å². The molecule has 0 atom stereocenters. The number of para-hydroxylation sites is 1. The van der Waals surface area contributed by atoms with Gasteiger partial charge in [-0.15, -0.1) is 0 Å². The van der Waals surface area contributed by atoms with Crippen LogP contribution >= 0.6 is 11.8 Å². The summed E-state index contributed by atoms with van der Waals surface area (Å²) in [6, 6.07) is 7.93. The average molecular weight is 401 g/mol. The van der Waals surface area contributed by atoms with Crippen molar-refractivity contribution in [1.82, 2.24) is 14.7 Å². The quantitative estimate of drug-likeness (QED) is 0.741. The van der Waals surface area contributed by atoms with Gasteiger partial charge in [-0.2, -0.15) is 16.9 Å². The molecule has 3 heterocycles. The van der Waals surface area contributed by atoms with E-state index in [0.29, 0.717) is 18.9 Å². The first-order valence-corrected chi connectivity index (χ1v) is 10.9. The molecule has 0 radical (unpaired) electrons. The zero-order valence-corrected chi connectivity index (χ0v) is 17.1. The summed E-state index contributed by atoms with van der Waals surface area (Å²) in [4.78, 5) is 28.6. The topological polar surface area (TPSA) is 71.7 Å². The van der Waals surface area contributed by atoms with Crippen molar-refractivity contribution in [3.8, 4) is 5.69 Å². The molecule has 1 saturated heterocycles. The summed E-state index contributed by atoms with van der Waals surface area (Å²) in [5.74, 6) is 1.23. The number of hydrogen-bond acceptors (Lipinski definition) is 4. The van der Waals surface area contributed by atoms with Crippen molar-refractivity contribution in [3.63, 3.8) is 0 Å². The van der Waals surface area contributed by atoms with E-state index >= 15 is 0 Å². The van der Waals surface area contributed by atoms with Crippen molar-refractivity contribution in [3.05, 3.63) is 41.1 Å². The molecular weight excluding hydrogens is 374 g/mol. The number of likely N-dealkylation sites (N-methyl/N-ethyl adjacent to an activating group) is 1. The fourth-order valence-electron chi connectivity index (χ4n) is 3.80. The standard InChI is InChI=1S/C20H25N5O2S/c1-3-23-8-10-24(11-9-23)20(27)19(26)21-18-15-12-28-13-16(15)22-25(18)17-7-5-4-6-14(17)2/h4-7H,3,8-13H2,1-2H3,(H,21,26)/p+1. The lowest BCUT2D eigenvalue weighted by Gasteiger charge is -2.31. The second-order valence-corrected chi connectivity index (χ2v) is 8.30. The average Bonchev–Trinajstić information content (AvgIpc) is 3.30. The van der Waals surface area contributed by atoms with E-state index in [1.54, 1.807) is 21.3 Å². The third-order valence-electron chi connectivity index (χ3n) is 5.58. The summed E-state index contributed by atoms with van der Waals surface area (Å²) in [7, 11) is 0. The van der Waals surface area contributed by atoms with Crippen LogP contribution in [0.5, 0.6) is 0 Å². The van der Waals surface area contributed by atoms with E-state index in [1.807, 2.05) is 31.2 Å². The van der Waals surface area contributed by atoms with Crippen molar-refractivity contribution < 1.29 is 14.5 Å². The molecule has 28 heavy (non-hydrogen) atoms. The highest BCUT2D eigenvalue weighted by Gasteiger charge is 2.30. The van der Waals surface area contributed by atoms with E-state index in [4.69, 9.17) is 5.10 Å². The number of aromatic nitrogens is 2. The lowest BCUT2D eigenvalue weighted by Crippen LogP contribution is -3.14. The fourth-order valence-corrected chi connectivity index (χ4v) is 4.84. The lowest BCUT2D eigenvalue weighted by atomic mass is 10.2. The van der Waals surface area contributed by atoms with Crippen LogP contribution in [-0.4, -0.2) is 59.2 Å². The second kappa shape index (κ2) is 7.97. The van der Waals surface area contributed by atoms with E-state index in [2.05, 4.69) is 12.2 Å². The van der Waals surface area contributed by atoms with Gasteiger partial charge >= 0.3 is 11.8 Å². The number of fused-ring (bicyclic) bond motifs is 1. The maximum Gasteiger partial charge on any atom is 0.315 e. The maximum absolute atomic E-state index is 12.8. The Morgan fingerprint density at radius 1 is 1.21 bits per heavy atom. The first-order chi connectivity index (χ1) is 13.6. The van der Waals surface area contributed by atoms with Crippen molar-refractivity contribution in [1.29, 1.82) is 0 Å². The highest BCUT2D eigenvalue weighted by Crippen LogP contribution is 2.36. The molecule has 1 fully saturated rings. The molecule has 1 aromatic heterocycles. The highest BCUT2D eigenvalue weighted by molar-refractivity contribution is 7.98. The second-order valence-electron chi connectivity index (χ2n) is 7.31. The third-order valence-corrected chi connectivity index (χ3v) is 6.55. The number of rotatable bonds is 3. The minimum absolute atomic E-state index is 0.452. The molecule has 2 aromatic rings. The Labute approximate surface area is 169 Å². The van der Waals surface area contributed by atoms with Crippen molar-refractivity contribution in [2.75, 3.05) is 38.0 Å². The van der Waals surface area contributed by atoms with Crippen LogP contribution in [-0.2, 0) is 21.1 Å². The number of anilines is 1. The molecule has 0 bridgehead atoms. The summed E-state index contributed by atoms with van der Waals surface area (Å²) >= 11 is 1.77. The van der Waals surface area contributed by atoms with Crippen molar-refractivity contribution in [2.45, 2.75) is 25.4 Å². The predicted octanol–water partition coefficient (Wildman–Crippen LogP) is 0.613. The van der Waals surface area contributed by atoms with Crippen LogP contribution in [0, 0.1) is 6.92 Å². The zero-order valence-electron chi connectivity index (χ0n) is 16.3. The number of carbonyl (C=O) groups excluding carboxylic acids is 2. The van der Waals surface area contributed by atoms with Gasteiger partial charge in [0.2, 0.25) is 0 Å². The summed E-state index contributed by atoms with van der Waals surface area (Å²) < 4.78 is 1.78. The minimum atomic E-state index is -0.575. The number of thioether (sulfide) groups is 1. The molecule has 2 aliphatic heterocycles. The summed E-state index contributed by atoms with van der Waals surface area (Å²) in [6.07, 6.45) is 0. The van der Waals surface area contributed by atoms with Crippen LogP contribution in [0.4, 0.5) is 5.82 Å². The number of aryl methyl sites for hydroxylation is 1. The molecule has 4 rings (SSSR count). The van der Waals surface area contributed by atoms with E-state index in [0.717, 1.165) is 53.6 Å². The lowest BCUT2D eigenvalue weighted by molar-refractivity contribution is -0.902. The summed E-state index contributed by atoms with van der Waals surface area (Å²) in [5, 5.41) is 7.61. The minimum Gasteiger partial charge on any atom is -0.332 e. The van der Waals surface area contributed by atoms with Crippen LogP contribution in [0.3, 0.4) is 0 Å². The molecular formula is C20H26N5O2S+. The van der Waals surface area contributed by atoms with Gasteiger partial charge in [-0.25, -0.2) is 4.68 Å². The molecule has 2 amide bonds. The van der Waals surface area contributed by atoms with Crippen LogP contribution in [0.25, 0.3) is 5.69 Å². The van der Waals surface area contributed by atoms with Crippen molar-refractivity contribution >= 4 is 29.4 Å². The third kappa shape index (κ3) is 3.54. The molecule has 8 heteroatoms. The Kier molecular flexibility index (Phi) is 5.41. The van der Waals surface area contributed by atoms with Crippen LogP contribution < -0.4 is 10.2 Å². The van der Waals surface area contributed by atoms with Gasteiger partial charge < -0.3 is 15.1 Å². The molecule has 0 spiro atoms. The number of benzene rings is 1. The van der Waals surface area contributed by atoms with Gasteiger partial charge in [-0.3, -0.25) is 9.59 Å². The molecule has 2 N–H and O–H groups in total. The number of nitrogens with one attached hydrogen (secondary N) is 2. The van der Waals surface area contributed by atoms with Crippen LogP contribution in [0.15, 0.2) is 24.3 Å². The number of hydrogen-bond donors (Lipinski definition) is 2. The fraction of sp³-hybridized carbons (Fsp3) is 0.450. The van der Waals surface area contributed by atoms with Gasteiger partial charge in [-0.1, -0.05) is 18.2 Å². The normalized spacial score (nSPS) is 16.9. The van der Waals surface area contributed by atoms with Gasteiger partial charge in [0.05, 0.1) is 44.1 Å². The molecule has 0 saturated carbocycles. The van der Waals surface area contributed by atoms with Gasteiger partial charge in [-0.05, 0) is 25.5 Å². The highest BCUT2D eigenvalue weighted by atomic mass is 32.2. The number of quaternary nitrogens is 1. The number of amides is 2. The van der Waals surface area contributed by atoms with Crippen molar-refractivity contribution in [2.24, 2.45) is 0 Å². The smallest absolute Gasteiger partial charge is 0.315 e. The first-order valence-electron chi connectivity index (χ1n) is 9.76. The van der Waals surface area contributed by atoms with Gasteiger partial charge in [0.1, 0.15) is 5.82 Å². The Balaban J connectivity index is 1.57. The van der Waals surface area contributed by atoms with Crippen LogP contribution in [0.1, 0.15) is 23.7 Å². The molecule has 0 unspecified atom stereocenters.